The molecule has 1 aromatic carbocycles. The van der Waals surface area contributed by atoms with Crippen LogP contribution in [0.15, 0.2) is 18.2 Å². The van der Waals surface area contributed by atoms with E-state index in [1.807, 2.05) is 0 Å². The molecule has 2 amide bonds. The normalized spacial score (nSPS) is 23.6. The number of hydrogen-bond donors (Lipinski definition) is 1. The van der Waals surface area contributed by atoms with E-state index in [2.05, 4.69) is 32.0 Å². The van der Waals surface area contributed by atoms with Crippen molar-refractivity contribution in [3.8, 4) is 0 Å². The van der Waals surface area contributed by atoms with Crippen molar-refractivity contribution in [3.05, 3.63) is 34.9 Å². The number of aliphatic hydroxyl groups is 1. The van der Waals surface area contributed by atoms with E-state index in [4.69, 9.17) is 0 Å². The lowest BCUT2D eigenvalue weighted by Crippen LogP contribution is -2.59. The topological polar surface area (TPSA) is 60.9 Å². The highest BCUT2D eigenvalue weighted by atomic mass is 16.3. The molecule has 1 saturated heterocycles. The summed E-state index contributed by atoms with van der Waals surface area (Å²) in [4.78, 5) is 28.0. The second-order valence-electron chi connectivity index (χ2n) is 7.69. The van der Waals surface area contributed by atoms with E-state index >= 15 is 0 Å². The largest absolute Gasteiger partial charge is 0.378 e. The molecule has 0 radical (unpaired) electrons. The van der Waals surface area contributed by atoms with Crippen LogP contribution in [-0.2, 0) is 22.6 Å². The third-order valence-electron chi connectivity index (χ3n) is 5.53. The summed E-state index contributed by atoms with van der Waals surface area (Å²) in [5, 5.41) is 10.9. The van der Waals surface area contributed by atoms with Crippen LogP contribution < -0.4 is 0 Å². The first-order chi connectivity index (χ1) is 11.8. The Morgan fingerprint density at radius 3 is 2.64 bits per heavy atom. The van der Waals surface area contributed by atoms with Crippen molar-refractivity contribution in [2.24, 2.45) is 0 Å². The summed E-state index contributed by atoms with van der Waals surface area (Å²) in [5.74, 6) is 0.138. The number of benzene rings is 1. The van der Waals surface area contributed by atoms with E-state index < -0.39 is 5.60 Å². The van der Waals surface area contributed by atoms with Crippen LogP contribution in [0, 0.1) is 0 Å². The number of likely N-dealkylation sites (tertiary alicyclic amines) is 1. The van der Waals surface area contributed by atoms with Crippen LogP contribution in [0.3, 0.4) is 0 Å². The molecule has 1 atom stereocenters. The van der Waals surface area contributed by atoms with Crippen LogP contribution in [0.4, 0.5) is 0 Å². The van der Waals surface area contributed by atoms with Crippen LogP contribution >= 0.6 is 0 Å². The lowest BCUT2D eigenvalue weighted by atomic mass is 9.87. The van der Waals surface area contributed by atoms with E-state index in [-0.39, 0.29) is 18.4 Å². The zero-order valence-electron chi connectivity index (χ0n) is 15.4. The Labute approximate surface area is 149 Å². The summed E-state index contributed by atoms with van der Waals surface area (Å²) < 4.78 is 0. The number of carbonyl (C=O) groups excluding carboxylic acids is 2. The van der Waals surface area contributed by atoms with Crippen molar-refractivity contribution in [1.82, 2.24) is 9.80 Å². The summed E-state index contributed by atoms with van der Waals surface area (Å²) in [5.41, 5.74) is 2.43. The molecule has 2 heterocycles. The highest BCUT2D eigenvalue weighted by molar-refractivity contribution is 5.86. The molecular formula is C20H28N2O3. The average Bonchev–Trinajstić information content (AvgIpc) is 2.59. The summed E-state index contributed by atoms with van der Waals surface area (Å²) in [6, 6.07) is 6.29. The van der Waals surface area contributed by atoms with Crippen LogP contribution in [-0.4, -0.2) is 52.0 Å². The van der Waals surface area contributed by atoms with Gasteiger partial charge in [0.15, 0.2) is 5.60 Å². The molecule has 5 heteroatoms. The van der Waals surface area contributed by atoms with Gasteiger partial charge in [0.1, 0.15) is 0 Å². The van der Waals surface area contributed by atoms with Crippen molar-refractivity contribution >= 4 is 11.8 Å². The Hall–Kier alpha value is -1.88. The van der Waals surface area contributed by atoms with Crippen molar-refractivity contribution in [1.29, 1.82) is 0 Å². The van der Waals surface area contributed by atoms with E-state index in [0.29, 0.717) is 38.4 Å². The van der Waals surface area contributed by atoms with Crippen molar-refractivity contribution in [2.75, 3.05) is 19.6 Å². The summed E-state index contributed by atoms with van der Waals surface area (Å²) >= 11 is 0. The molecule has 2 aliphatic rings. The third-order valence-corrected chi connectivity index (χ3v) is 5.53. The maximum atomic E-state index is 13.0. The van der Waals surface area contributed by atoms with E-state index in [1.54, 1.807) is 9.80 Å². The SMILES string of the molecule is CC(=O)N1CCCC(O)(C(=O)N2CCc3c(cccc3C(C)C)C2)C1. The molecule has 0 aliphatic carbocycles. The first-order valence-corrected chi connectivity index (χ1v) is 9.20. The lowest BCUT2D eigenvalue weighted by molar-refractivity contribution is -0.160. The second kappa shape index (κ2) is 6.79. The van der Waals surface area contributed by atoms with Gasteiger partial charge in [-0.1, -0.05) is 32.0 Å². The molecule has 0 aromatic heterocycles. The smallest absolute Gasteiger partial charge is 0.256 e. The molecule has 1 fully saturated rings. The molecule has 1 unspecified atom stereocenters. The zero-order valence-corrected chi connectivity index (χ0v) is 15.4. The first kappa shape index (κ1) is 17.9. The fraction of sp³-hybridized carbons (Fsp3) is 0.600. The van der Waals surface area contributed by atoms with E-state index in [1.165, 1.54) is 23.6 Å². The molecule has 1 aromatic rings. The van der Waals surface area contributed by atoms with Gasteiger partial charge in [-0.3, -0.25) is 9.59 Å². The number of fused-ring (bicyclic) bond motifs is 1. The van der Waals surface area contributed by atoms with Gasteiger partial charge in [-0.2, -0.15) is 0 Å². The van der Waals surface area contributed by atoms with Gasteiger partial charge in [0.2, 0.25) is 5.91 Å². The second-order valence-corrected chi connectivity index (χ2v) is 7.69. The standard InChI is InChI=1S/C20H28N2O3/c1-14(2)17-7-4-6-16-12-21(11-8-18(16)17)19(24)20(25)9-5-10-22(13-20)15(3)23/h4,6-7,14,25H,5,8-13H2,1-3H3. The maximum Gasteiger partial charge on any atom is 0.256 e. The van der Waals surface area contributed by atoms with Gasteiger partial charge in [0.25, 0.3) is 5.91 Å². The molecule has 0 spiro atoms. The Morgan fingerprint density at radius 2 is 1.96 bits per heavy atom. The van der Waals surface area contributed by atoms with Crippen LogP contribution in [0.2, 0.25) is 0 Å². The quantitative estimate of drug-likeness (QED) is 0.893. The zero-order chi connectivity index (χ0) is 18.2. The number of carbonyl (C=O) groups is 2. The molecule has 25 heavy (non-hydrogen) atoms. The Kier molecular flexibility index (Phi) is 4.87. The van der Waals surface area contributed by atoms with Gasteiger partial charge in [-0.05, 0) is 41.9 Å². The van der Waals surface area contributed by atoms with E-state index in [0.717, 1.165) is 6.42 Å². The van der Waals surface area contributed by atoms with Gasteiger partial charge in [-0.15, -0.1) is 0 Å². The molecule has 136 valence electrons. The minimum Gasteiger partial charge on any atom is -0.378 e. The van der Waals surface area contributed by atoms with Gasteiger partial charge in [0.05, 0.1) is 6.54 Å². The van der Waals surface area contributed by atoms with E-state index in [9.17, 15) is 14.7 Å². The minimum absolute atomic E-state index is 0.0866. The van der Waals surface area contributed by atoms with Crippen molar-refractivity contribution in [2.45, 2.75) is 58.1 Å². The summed E-state index contributed by atoms with van der Waals surface area (Å²) in [6.07, 6.45) is 1.90. The van der Waals surface area contributed by atoms with Crippen molar-refractivity contribution < 1.29 is 14.7 Å². The molecule has 1 N–H and O–H groups in total. The number of hydrogen-bond acceptors (Lipinski definition) is 3. The van der Waals surface area contributed by atoms with Crippen LogP contribution in [0.1, 0.15) is 56.2 Å². The molecule has 3 rings (SSSR count). The molecule has 2 aliphatic heterocycles. The fourth-order valence-corrected chi connectivity index (χ4v) is 4.13. The van der Waals surface area contributed by atoms with Crippen molar-refractivity contribution in [3.63, 3.8) is 0 Å². The van der Waals surface area contributed by atoms with Gasteiger partial charge >= 0.3 is 0 Å². The predicted octanol–water partition coefficient (Wildman–Crippen LogP) is 2.07. The Morgan fingerprint density at radius 1 is 1.20 bits per heavy atom. The Balaban J connectivity index is 1.78. The summed E-state index contributed by atoms with van der Waals surface area (Å²) in [6.45, 7) is 7.75. The van der Waals surface area contributed by atoms with Gasteiger partial charge in [-0.25, -0.2) is 0 Å². The minimum atomic E-state index is -1.45. The number of rotatable bonds is 2. The highest BCUT2D eigenvalue weighted by Gasteiger charge is 2.44. The molecule has 5 nitrogen and oxygen atoms in total. The molecule has 0 bridgehead atoms. The average molecular weight is 344 g/mol. The number of amides is 2. The number of β-amino-alcohol motifs (C(OH)–C–C–N with tert-alkyl or cyclic N) is 1. The third kappa shape index (κ3) is 3.43. The number of piperidine rings is 1. The molecular weight excluding hydrogens is 316 g/mol. The summed E-state index contributed by atoms with van der Waals surface area (Å²) in [7, 11) is 0. The highest BCUT2D eigenvalue weighted by Crippen LogP contribution is 2.30. The Bertz CT molecular complexity index is 686. The monoisotopic (exact) mass is 344 g/mol. The lowest BCUT2D eigenvalue weighted by Gasteiger charge is -2.41. The van der Waals surface area contributed by atoms with Gasteiger partial charge in [0, 0.05) is 26.6 Å². The predicted molar refractivity (Wildman–Crippen MR) is 96.1 cm³/mol. The van der Waals surface area contributed by atoms with Gasteiger partial charge < -0.3 is 14.9 Å². The van der Waals surface area contributed by atoms with Crippen LogP contribution in [0.25, 0.3) is 0 Å². The van der Waals surface area contributed by atoms with Crippen LogP contribution in [0.5, 0.6) is 0 Å². The maximum absolute atomic E-state index is 13.0. The number of nitrogens with zero attached hydrogens (tertiary/aromatic N) is 2. The fourth-order valence-electron chi connectivity index (χ4n) is 4.13. The first-order valence-electron chi connectivity index (χ1n) is 9.20. The molecule has 0 saturated carbocycles.